The lowest BCUT2D eigenvalue weighted by Gasteiger charge is -1.97. The second-order valence-corrected chi connectivity index (χ2v) is 4.10. The van der Waals surface area contributed by atoms with Crippen LogP contribution in [-0.2, 0) is 6.54 Å². The molecular formula is C10H10BrFN2. The number of H-pyrrole nitrogens is 1. The van der Waals surface area contributed by atoms with Crippen molar-refractivity contribution in [1.29, 1.82) is 0 Å². The van der Waals surface area contributed by atoms with E-state index in [-0.39, 0.29) is 5.82 Å². The SMILES string of the molecule is Cc1[nH]c2c(Br)cc(F)cc2c1CN. The topological polar surface area (TPSA) is 41.8 Å². The maximum atomic E-state index is 13.1. The highest BCUT2D eigenvalue weighted by Crippen LogP contribution is 2.29. The fraction of sp³-hybridized carbons (Fsp3) is 0.200. The number of nitrogens with one attached hydrogen (secondary N) is 1. The Balaban J connectivity index is 2.87. The van der Waals surface area contributed by atoms with Gasteiger partial charge in [-0.25, -0.2) is 4.39 Å². The molecule has 1 heterocycles. The molecule has 4 heteroatoms. The number of aryl methyl sites for hydroxylation is 1. The molecule has 0 amide bonds. The Morgan fingerprint density at radius 3 is 2.86 bits per heavy atom. The van der Waals surface area contributed by atoms with Gasteiger partial charge < -0.3 is 10.7 Å². The smallest absolute Gasteiger partial charge is 0.125 e. The van der Waals surface area contributed by atoms with Crippen LogP contribution in [0, 0.1) is 12.7 Å². The Kier molecular flexibility index (Phi) is 2.33. The van der Waals surface area contributed by atoms with E-state index in [1.54, 1.807) is 0 Å². The third-order valence-corrected chi connectivity index (χ3v) is 2.97. The zero-order valence-electron chi connectivity index (χ0n) is 7.70. The lowest BCUT2D eigenvalue weighted by atomic mass is 10.1. The number of hydrogen-bond acceptors (Lipinski definition) is 1. The van der Waals surface area contributed by atoms with Crippen molar-refractivity contribution < 1.29 is 4.39 Å². The maximum absolute atomic E-state index is 13.1. The summed E-state index contributed by atoms with van der Waals surface area (Å²) < 4.78 is 13.9. The molecule has 0 spiro atoms. The summed E-state index contributed by atoms with van der Waals surface area (Å²) in [6, 6.07) is 2.95. The highest BCUT2D eigenvalue weighted by molar-refractivity contribution is 9.10. The van der Waals surface area contributed by atoms with E-state index in [1.165, 1.54) is 12.1 Å². The number of aromatic amines is 1. The van der Waals surface area contributed by atoms with Gasteiger partial charge in [0.25, 0.3) is 0 Å². The summed E-state index contributed by atoms with van der Waals surface area (Å²) in [5, 5.41) is 0.858. The molecule has 74 valence electrons. The fourth-order valence-corrected chi connectivity index (χ4v) is 2.20. The van der Waals surface area contributed by atoms with Gasteiger partial charge in [0.05, 0.1) is 5.52 Å². The van der Waals surface area contributed by atoms with Crippen LogP contribution in [0.3, 0.4) is 0 Å². The molecular weight excluding hydrogens is 247 g/mol. The Morgan fingerprint density at radius 1 is 1.50 bits per heavy atom. The average molecular weight is 257 g/mol. The summed E-state index contributed by atoms with van der Waals surface area (Å²) in [6.45, 7) is 2.36. The predicted molar refractivity (Wildman–Crippen MR) is 58.6 cm³/mol. The molecule has 2 rings (SSSR count). The van der Waals surface area contributed by atoms with E-state index >= 15 is 0 Å². The first-order valence-corrected chi connectivity index (χ1v) is 5.09. The Hall–Kier alpha value is -0.870. The number of halogens is 2. The molecule has 2 nitrogen and oxygen atoms in total. The zero-order chi connectivity index (χ0) is 10.3. The molecule has 0 fully saturated rings. The van der Waals surface area contributed by atoms with Gasteiger partial charge in [0.2, 0.25) is 0 Å². The Labute approximate surface area is 89.4 Å². The largest absolute Gasteiger partial charge is 0.357 e. The van der Waals surface area contributed by atoms with Gasteiger partial charge in [0.1, 0.15) is 5.82 Å². The quantitative estimate of drug-likeness (QED) is 0.810. The van der Waals surface area contributed by atoms with Gasteiger partial charge in [-0.1, -0.05) is 0 Å². The molecule has 14 heavy (non-hydrogen) atoms. The van der Waals surface area contributed by atoms with Crippen molar-refractivity contribution in [3.63, 3.8) is 0 Å². The lowest BCUT2D eigenvalue weighted by Crippen LogP contribution is -1.96. The summed E-state index contributed by atoms with van der Waals surface area (Å²) in [6.07, 6.45) is 0. The van der Waals surface area contributed by atoms with Gasteiger partial charge in [0.15, 0.2) is 0 Å². The van der Waals surface area contributed by atoms with E-state index in [0.29, 0.717) is 6.54 Å². The predicted octanol–water partition coefficient (Wildman–Crippen LogP) is 2.84. The van der Waals surface area contributed by atoms with Gasteiger partial charge in [0, 0.05) is 22.1 Å². The number of rotatable bonds is 1. The van der Waals surface area contributed by atoms with Crippen molar-refractivity contribution in [3.05, 3.63) is 33.7 Å². The number of benzene rings is 1. The molecule has 0 unspecified atom stereocenters. The van der Waals surface area contributed by atoms with Crippen LogP contribution < -0.4 is 5.73 Å². The van der Waals surface area contributed by atoms with Crippen LogP contribution in [0.5, 0.6) is 0 Å². The molecule has 1 aromatic heterocycles. The van der Waals surface area contributed by atoms with Crippen LogP contribution in [-0.4, -0.2) is 4.98 Å². The van der Waals surface area contributed by atoms with E-state index in [9.17, 15) is 4.39 Å². The first-order chi connectivity index (χ1) is 6.63. The normalized spacial score (nSPS) is 11.1. The van der Waals surface area contributed by atoms with Crippen molar-refractivity contribution in [2.45, 2.75) is 13.5 Å². The summed E-state index contributed by atoms with van der Waals surface area (Å²) in [7, 11) is 0. The van der Waals surface area contributed by atoms with Gasteiger partial charge in [-0.05, 0) is 40.5 Å². The van der Waals surface area contributed by atoms with Gasteiger partial charge in [-0.15, -0.1) is 0 Å². The van der Waals surface area contributed by atoms with Gasteiger partial charge >= 0.3 is 0 Å². The van der Waals surface area contributed by atoms with Crippen LogP contribution >= 0.6 is 15.9 Å². The van der Waals surface area contributed by atoms with E-state index < -0.39 is 0 Å². The van der Waals surface area contributed by atoms with Crippen molar-refractivity contribution >= 4 is 26.8 Å². The molecule has 0 aliphatic carbocycles. The summed E-state index contributed by atoms with van der Waals surface area (Å²) in [5.74, 6) is -0.252. The molecule has 3 N–H and O–H groups in total. The molecule has 0 radical (unpaired) electrons. The Bertz CT molecular complexity index is 490. The van der Waals surface area contributed by atoms with Crippen LogP contribution in [0.25, 0.3) is 10.9 Å². The van der Waals surface area contributed by atoms with Gasteiger partial charge in [-0.2, -0.15) is 0 Å². The lowest BCUT2D eigenvalue weighted by molar-refractivity contribution is 0.629. The van der Waals surface area contributed by atoms with E-state index in [2.05, 4.69) is 20.9 Å². The first kappa shape index (κ1) is 9.68. The second kappa shape index (κ2) is 3.37. The third kappa shape index (κ3) is 1.35. The fourth-order valence-electron chi connectivity index (χ4n) is 1.67. The molecule has 2 aromatic rings. The standard InChI is InChI=1S/C10H10BrFN2/c1-5-8(4-13)7-2-6(12)3-9(11)10(7)14-5/h2-3,14H,4,13H2,1H3. The number of hydrogen-bond donors (Lipinski definition) is 2. The van der Waals surface area contributed by atoms with E-state index in [4.69, 9.17) is 5.73 Å². The van der Waals surface area contributed by atoms with Crippen LogP contribution in [0.4, 0.5) is 4.39 Å². The minimum atomic E-state index is -0.252. The number of fused-ring (bicyclic) bond motifs is 1. The molecule has 0 aliphatic rings. The van der Waals surface area contributed by atoms with E-state index in [0.717, 1.165) is 26.6 Å². The average Bonchev–Trinajstić information content (AvgIpc) is 2.41. The summed E-state index contributed by atoms with van der Waals surface area (Å²) >= 11 is 3.31. The first-order valence-electron chi connectivity index (χ1n) is 4.29. The minimum absolute atomic E-state index is 0.252. The van der Waals surface area contributed by atoms with Crippen molar-refractivity contribution in [1.82, 2.24) is 4.98 Å². The highest BCUT2D eigenvalue weighted by atomic mass is 79.9. The molecule has 0 atom stereocenters. The minimum Gasteiger partial charge on any atom is -0.357 e. The van der Waals surface area contributed by atoms with Crippen molar-refractivity contribution in [2.24, 2.45) is 5.73 Å². The molecule has 0 bridgehead atoms. The summed E-state index contributed by atoms with van der Waals surface area (Å²) in [5.41, 5.74) is 8.48. The third-order valence-electron chi connectivity index (χ3n) is 2.35. The highest BCUT2D eigenvalue weighted by Gasteiger charge is 2.10. The molecule has 0 saturated carbocycles. The van der Waals surface area contributed by atoms with Gasteiger partial charge in [-0.3, -0.25) is 0 Å². The van der Waals surface area contributed by atoms with Crippen molar-refractivity contribution in [3.8, 4) is 0 Å². The van der Waals surface area contributed by atoms with Crippen LogP contribution in [0.2, 0.25) is 0 Å². The summed E-state index contributed by atoms with van der Waals surface area (Å²) in [4.78, 5) is 3.18. The molecule has 1 aromatic carbocycles. The zero-order valence-corrected chi connectivity index (χ0v) is 9.28. The second-order valence-electron chi connectivity index (χ2n) is 3.24. The van der Waals surface area contributed by atoms with Crippen molar-refractivity contribution in [2.75, 3.05) is 0 Å². The molecule has 0 aliphatic heterocycles. The van der Waals surface area contributed by atoms with Crippen LogP contribution in [0.15, 0.2) is 16.6 Å². The van der Waals surface area contributed by atoms with E-state index in [1.807, 2.05) is 6.92 Å². The number of aromatic nitrogens is 1. The monoisotopic (exact) mass is 256 g/mol. The maximum Gasteiger partial charge on any atom is 0.125 e. The molecule has 0 saturated heterocycles. The Morgan fingerprint density at radius 2 is 2.21 bits per heavy atom. The van der Waals surface area contributed by atoms with Crippen LogP contribution in [0.1, 0.15) is 11.3 Å². The number of nitrogens with two attached hydrogens (primary N) is 1.